The van der Waals surface area contributed by atoms with Crippen LogP contribution in [0.3, 0.4) is 0 Å². The largest absolute Gasteiger partial charge is 0.364 e. The Labute approximate surface area is 185 Å². The lowest BCUT2D eigenvalue weighted by Crippen LogP contribution is -2.50. The summed E-state index contributed by atoms with van der Waals surface area (Å²) in [5, 5.41) is 14.7. The number of nitrogens with zero attached hydrogens (tertiary/aromatic N) is 3. The van der Waals surface area contributed by atoms with Gasteiger partial charge in [-0.1, -0.05) is 0 Å². The van der Waals surface area contributed by atoms with Gasteiger partial charge in [0.05, 0.1) is 16.1 Å². The predicted molar refractivity (Wildman–Crippen MR) is 117 cm³/mol. The van der Waals surface area contributed by atoms with Gasteiger partial charge in [0.15, 0.2) is 0 Å². The fourth-order valence-corrected chi connectivity index (χ4v) is 5.37. The Kier molecular flexibility index (Phi) is 7.21. The Morgan fingerprint density at radius 1 is 1.26 bits per heavy atom. The molecule has 3 rings (SSSR count). The number of halogens is 2. The number of hydrogen-bond acceptors (Lipinski definition) is 6. The third-order valence-corrected chi connectivity index (χ3v) is 7.50. The average molecular weight is 467 g/mol. The molecule has 1 aliphatic rings. The van der Waals surface area contributed by atoms with Crippen LogP contribution >= 0.6 is 11.8 Å². The van der Waals surface area contributed by atoms with E-state index in [0.29, 0.717) is 12.3 Å². The normalized spacial score (nSPS) is 19.5. The molecule has 0 saturated carbocycles. The Bertz CT molecular complexity index is 1090. The zero-order chi connectivity index (χ0) is 22.8. The number of rotatable bonds is 6. The van der Waals surface area contributed by atoms with E-state index < -0.39 is 20.7 Å². The third-order valence-electron chi connectivity index (χ3n) is 5.45. The smallest absolute Gasteiger partial charge is 0.238 e. The molecule has 2 aromatic rings. The lowest BCUT2D eigenvalue weighted by atomic mass is 9.95. The number of nitrogens with two attached hydrogens (primary N) is 1. The lowest BCUT2D eigenvalue weighted by Gasteiger charge is -2.43. The van der Waals surface area contributed by atoms with Crippen LogP contribution in [-0.2, 0) is 10.0 Å². The first-order valence-corrected chi connectivity index (χ1v) is 12.2. The lowest BCUT2D eigenvalue weighted by molar-refractivity contribution is 0.229. The number of primary sulfonamides is 1. The van der Waals surface area contributed by atoms with E-state index in [0.717, 1.165) is 29.9 Å². The average Bonchev–Trinajstić information content (AvgIpc) is 2.72. The van der Waals surface area contributed by atoms with E-state index in [1.54, 1.807) is 12.1 Å². The quantitative estimate of drug-likeness (QED) is 0.658. The molecular weight excluding hydrogens is 442 g/mol. The molecule has 2 unspecified atom stereocenters. The van der Waals surface area contributed by atoms with E-state index in [4.69, 9.17) is 5.14 Å². The van der Waals surface area contributed by atoms with Gasteiger partial charge >= 0.3 is 0 Å². The zero-order valence-corrected chi connectivity index (χ0v) is 18.9. The molecule has 31 heavy (non-hydrogen) atoms. The number of anilines is 1. The van der Waals surface area contributed by atoms with Gasteiger partial charge in [0.1, 0.15) is 17.7 Å². The number of thioether (sulfide) groups is 1. The summed E-state index contributed by atoms with van der Waals surface area (Å²) in [6, 6.07) is 10.3. The zero-order valence-electron chi connectivity index (χ0n) is 17.3. The first-order valence-electron chi connectivity index (χ1n) is 9.68. The Morgan fingerprint density at radius 2 is 1.94 bits per heavy atom. The number of hydrogen-bond donors (Lipinski definition) is 1. The maximum absolute atomic E-state index is 15.1. The number of nitriles is 1. The van der Waals surface area contributed by atoms with Crippen LogP contribution in [0.5, 0.6) is 0 Å². The van der Waals surface area contributed by atoms with Crippen LogP contribution < -0.4 is 10.0 Å². The molecule has 6 nitrogen and oxygen atoms in total. The SMILES string of the molecule is CN(C)C1CCN(c2c(F)cc(S(N)(=O)=O)cc2C#N)C(CSc2ccc(F)cc2)C1. The van der Waals surface area contributed by atoms with Gasteiger partial charge in [-0.2, -0.15) is 5.26 Å². The predicted octanol–water partition coefficient (Wildman–Crippen LogP) is 3.18. The molecule has 166 valence electrons. The van der Waals surface area contributed by atoms with Crippen molar-refractivity contribution in [2.24, 2.45) is 5.14 Å². The molecule has 0 radical (unpaired) electrons. The van der Waals surface area contributed by atoms with Gasteiger partial charge in [0, 0.05) is 29.3 Å². The van der Waals surface area contributed by atoms with Crippen molar-refractivity contribution < 1.29 is 17.2 Å². The molecule has 10 heteroatoms. The van der Waals surface area contributed by atoms with Gasteiger partial charge < -0.3 is 9.80 Å². The van der Waals surface area contributed by atoms with Gasteiger partial charge in [0.2, 0.25) is 10.0 Å². The van der Waals surface area contributed by atoms with Crippen LogP contribution in [0.15, 0.2) is 46.2 Å². The van der Waals surface area contributed by atoms with Crippen molar-refractivity contribution in [2.45, 2.75) is 34.7 Å². The van der Waals surface area contributed by atoms with Gasteiger partial charge in [-0.3, -0.25) is 0 Å². The molecule has 2 atom stereocenters. The summed E-state index contributed by atoms with van der Waals surface area (Å²) in [5.74, 6) is -0.507. The molecule has 1 aliphatic heterocycles. The van der Waals surface area contributed by atoms with Crippen molar-refractivity contribution in [2.75, 3.05) is 31.3 Å². The van der Waals surface area contributed by atoms with Crippen molar-refractivity contribution in [3.8, 4) is 6.07 Å². The fraction of sp³-hybridized carbons (Fsp3) is 0.381. The molecule has 2 N–H and O–H groups in total. The van der Waals surface area contributed by atoms with Crippen molar-refractivity contribution in [1.29, 1.82) is 5.26 Å². The number of benzene rings is 2. The fourth-order valence-electron chi connectivity index (χ4n) is 3.79. The second kappa shape index (κ2) is 9.53. The first kappa shape index (κ1) is 23.5. The summed E-state index contributed by atoms with van der Waals surface area (Å²) in [4.78, 5) is 4.43. The van der Waals surface area contributed by atoms with Crippen LogP contribution in [0.2, 0.25) is 0 Å². The standard InChI is InChI=1S/C21H24F2N4O2S2/c1-26(2)16-7-8-27(17(10-16)13-30-18-5-3-15(22)4-6-18)21-14(12-24)9-19(11-20(21)23)31(25,28)29/h3-6,9,11,16-17H,7-8,10,13H2,1-2H3,(H2,25,28,29). The summed E-state index contributed by atoms with van der Waals surface area (Å²) in [7, 11) is -0.154. The van der Waals surface area contributed by atoms with Crippen LogP contribution in [0.25, 0.3) is 0 Å². The summed E-state index contributed by atoms with van der Waals surface area (Å²) in [6.07, 6.45) is 1.51. The van der Waals surface area contributed by atoms with Gasteiger partial charge in [-0.15, -0.1) is 11.8 Å². The Morgan fingerprint density at radius 3 is 2.52 bits per heavy atom. The molecule has 0 spiro atoms. The van der Waals surface area contributed by atoms with E-state index in [1.807, 2.05) is 25.1 Å². The molecule has 2 aromatic carbocycles. The summed E-state index contributed by atoms with van der Waals surface area (Å²) in [6.45, 7) is 0.512. The van der Waals surface area contributed by atoms with Crippen molar-refractivity contribution in [3.63, 3.8) is 0 Å². The number of piperidine rings is 1. The minimum Gasteiger partial charge on any atom is -0.364 e. The molecule has 1 fully saturated rings. The first-order chi connectivity index (χ1) is 14.6. The molecule has 1 saturated heterocycles. The van der Waals surface area contributed by atoms with Gasteiger partial charge in [0.25, 0.3) is 0 Å². The van der Waals surface area contributed by atoms with Crippen LogP contribution in [-0.4, -0.2) is 51.8 Å². The minimum absolute atomic E-state index is 0.0656. The topological polar surface area (TPSA) is 90.4 Å². The summed E-state index contributed by atoms with van der Waals surface area (Å²) < 4.78 is 51.6. The summed E-state index contributed by atoms with van der Waals surface area (Å²) >= 11 is 1.53. The van der Waals surface area contributed by atoms with Crippen LogP contribution in [0.1, 0.15) is 18.4 Å². The second-order valence-electron chi connectivity index (χ2n) is 7.71. The summed E-state index contributed by atoms with van der Waals surface area (Å²) in [5.41, 5.74) is 0.0286. The molecular formula is C21H24F2N4O2S2. The van der Waals surface area contributed by atoms with Gasteiger partial charge in [-0.05, 0) is 63.3 Å². The van der Waals surface area contributed by atoms with E-state index in [2.05, 4.69) is 4.90 Å². The highest BCUT2D eigenvalue weighted by Gasteiger charge is 2.33. The van der Waals surface area contributed by atoms with E-state index in [1.165, 1.54) is 23.9 Å². The van der Waals surface area contributed by atoms with E-state index in [-0.39, 0.29) is 29.2 Å². The molecule has 1 heterocycles. The third kappa shape index (κ3) is 5.54. The van der Waals surface area contributed by atoms with E-state index >= 15 is 4.39 Å². The number of sulfonamides is 1. The van der Waals surface area contributed by atoms with Crippen molar-refractivity contribution in [3.05, 3.63) is 53.6 Å². The Balaban J connectivity index is 1.94. The van der Waals surface area contributed by atoms with Crippen LogP contribution in [0, 0.1) is 23.0 Å². The van der Waals surface area contributed by atoms with Crippen molar-refractivity contribution >= 4 is 27.5 Å². The highest BCUT2D eigenvalue weighted by Crippen LogP contribution is 2.35. The van der Waals surface area contributed by atoms with E-state index in [9.17, 15) is 18.1 Å². The van der Waals surface area contributed by atoms with Crippen LogP contribution in [0.4, 0.5) is 14.5 Å². The second-order valence-corrected chi connectivity index (χ2v) is 10.4. The highest BCUT2D eigenvalue weighted by molar-refractivity contribution is 7.99. The Hall–Kier alpha value is -2.19. The maximum atomic E-state index is 15.1. The minimum atomic E-state index is -4.14. The highest BCUT2D eigenvalue weighted by atomic mass is 32.2. The molecule has 0 bridgehead atoms. The van der Waals surface area contributed by atoms with Crippen molar-refractivity contribution in [1.82, 2.24) is 4.90 Å². The molecule has 0 aliphatic carbocycles. The molecule has 0 amide bonds. The molecule has 0 aromatic heterocycles. The maximum Gasteiger partial charge on any atom is 0.238 e. The monoisotopic (exact) mass is 466 g/mol. The van der Waals surface area contributed by atoms with Gasteiger partial charge in [-0.25, -0.2) is 22.3 Å².